The Morgan fingerprint density at radius 1 is 0.952 bits per heavy atom. The highest BCUT2D eigenvalue weighted by Gasteiger charge is 2.15. The van der Waals surface area contributed by atoms with Crippen molar-refractivity contribution in [2.45, 2.75) is 6.42 Å². The summed E-state index contributed by atoms with van der Waals surface area (Å²) in [5, 5.41) is 1.47. The van der Waals surface area contributed by atoms with Crippen molar-refractivity contribution in [3.63, 3.8) is 0 Å². The molecular formula is C15H10Cl4O2. The molecule has 110 valence electrons. The van der Waals surface area contributed by atoms with Crippen LogP contribution < -0.4 is 4.74 Å². The Morgan fingerprint density at radius 2 is 1.67 bits per heavy atom. The van der Waals surface area contributed by atoms with Gasteiger partial charge in [-0.05, 0) is 23.8 Å². The molecule has 2 aromatic carbocycles. The summed E-state index contributed by atoms with van der Waals surface area (Å²) < 4.78 is 5.05. The van der Waals surface area contributed by atoms with Crippen molar-refractivity contribution in [1.82, 2.24) is 0 Å². The predicted octanol–water partition coefficient (Wildman–Crippen LogP) is 5.73. The van der Waals surface area contributed by atoms with Gasteiger partial charge >= 0.3 is 0 Å². The van der Waals surface area contributed by atoms with Crippen molar-refractivity contribution in [2.24, 2.45) is 0 Å². The summed E-state index contributed by atoms with van der Waals surface area (Å²) in [4.78, 5) is 12.3. The lowest BCUT2D eigenvalue weighted by atomic mass is 10.0. The van der Waals surface area contributed by atoms with Crippen LogP contribution in [-0.2, 0) is 6.42 Å². The van der Waals surface area contributed by atoms with Gasteiger partial charge in [0, 0.05) is 18.1 Å². The van der Waals surface area contributed by atoms with E-state index >= 15 is 0 Å². The second-order valence-electron chi connectivity index (χ2n) is 4.32. The van der Waals surface area contributed by atoms with E-state index in [4.69, 9.17) is 51.1 Å². The van der Waals surface area contributed by atoms with Gasteiger partial charge in [-0.1, -0.05) is 52.5 Å². The van der Waals surface area contributed by atoms with Crippen LogP contribution >= 0.6 is 46.4 Å². The van der Waals surface area contributed by atoms with Crippen LogP contribution in [0, 0.1) is 0 Å². The van der Waals surface area contributed by atoms with E-state index in [1.807, 2.05) is 0 Å². The zero-order valence-corrected chi connectivity index (χ0v) is 13.9. The summed E-state index contributed by atoms with van der Waals surface area (Å²) in [6, 6.07) is 8.07. The van der Waals surface area contributed by atoms with Gasteiger partial charge in [-0.2, -0.15) is 0 Å². The first-order chi connectivity index (χ1) is 9.92. The van der Waals surface area contributed by atoms with Crippen molar-refractivity contribution in [1.29, 1.82) is 0 Å². The van der Waals surface area contributed by atoms with Gasteiger partial charge in [0.05, 0.1) is 27.2 Å². The van der Waals surface area contributed by atoms with Gasteiger partial charge in [0.25, 0.3) is 0 Å². The van der Waals surface area contributed by atoms with Gasteiger partial charge in [-0.3, -0.25) is 4.79 Å². The van der Waals surface area contributed by atoms with E-state index < -0.39 is 0 Å². The third kappa shape index (κ3) is 3.83. The Kier molecular flexibility index (Phi) is 5.39. The lowest BCUT2D eigenvalue weighted by Gasteiger charge is -2.09. The number of rotatable bonds is 4. The van der Waals surface area contributed by atoms with E-state index in [9.17, 15) is 4.79 Å². The summed E-state index contributed by atoms with van der Waals surface area (Å²) in [7, 11) is 1.48. The van der Waals surface area contributed by atoms with E-state index in [0.717, 1.165) is 5.56 Å². The molecule has 0 saturated heterocycles. The number of ether oxygens (including phenoxy) is 1. The van der Waals surface area contributed by atoms with Gasteiger partial charge in [0.15, 0.2) is 5.78 Å². The number of hydrogen-bond donors (Lipinski definition) is 0. The van der Waals surface area contributed by atoms with E-state index in [0.29, 0.717) is 31.4 Å². The van der Waals surface area contributed by atoms with Crippen LogP contribution in [-0.4, -0.2) is 12.9 Å². The molecule has 0 saturated carbocycles. The van der Waals surface area contributed by atoms with Gasteiger partial charge in [-0.15, -0.1) is 0 Å². The molecule has 0 aromatic heterocycles. The van der Waals surface area contributed by atoms with Gasteiger partial charge in [0.2, 0.25) is 0 Å². The minimum Gasteiger partial charge on any atom is -0.495 e. The molecule has 0 bridgehead atoms. The third-order valence-corrected chi connectivity index (χ3v) is 4.24. The second kappa shape index (κ2) is 6.89. The minimum atomic E-state index is -0.164. The van der Waals surface area contributed by atoms with Crippen LogP contribution in [0.25, 0.3) is 0 Å². The number of carbonyl (C=O) groups excluding carboxylic acids is 1. The highest BCUT2D eigenvalue weighted by atomic mass is 35.5. The summed E-state index contributed by atoms with van der Waals surface area (Å²) >= 11 is 23.9. The Morgan fingerprint density at radius 3 is 2.29 bits per heavy atom. The van der Waals surface area contributed by atoms with E-state index in [-0.39, 0.29) is 12.2 Å². The summed E-state index contributed by atoms with van der Waals surface area (Å²) in [5.41, 5.74) is 1.09. The topological polar surface area (TPSA) is 26.3 Å². The van der Waals surface area contributed by atoms with Crippen LogP contribution in [0.5, 0.6) is 5.75 Å². The molecule has 0 fully saturated rings. The molecule has 2 rings (SSSR count). The first kappa shape index (κ1) is 16.4. The number of benzene rings is 2. The lowest BCUT2D eigenvalue weighted by molar-refractivity contribution is 0.0993. The third-order valence-electron chi connectivity index (χ3n) is 2.89. The molecule has 21 heavy (non-hydrogen) atoms. The monoisotopic (exact) mass is 362 g/mol. The molecule has 0 aliphatic rings. The molecule has 0 aliphatic heterocycles. The van der Waals surface area contributed by atoms with Crippen LogP contribution in [0.3, 0.4) is 0 Å². The van der Waals surface area contributed by atoms with Crippen molar-refractivity contribution < 1.29 is 9.53 Å². The lowest BCUT2D eigenvalue weighted by Crippen LogP contribution is -2.05. The summed E-state index contributed by atoms with van der Waals surface area (Å²) in [6.45, 7) is 0. The average molecular weight is 364 g/mol. The standard InChI is InChI=1S/C15H10Cl4O2/c1-21-15-7-11(17)9(6-13(15)19)14(20)5-8-2-3-10(16)12(18)4-8/h2-4,6-7H,5H2,1H3. The van der Waals surface area contributed by atoms with Crippen LogP contribution in [0.4, 0.5) is 0 Å². The maximum Gasteiger partial charge on any atom is 0.168 e. The zero-order chi connectivity index (χ0) is 15.6. The number of carbonyl (C=O) groups is 1. The summed E-state index contributed by atoms with van der Waals surface area (Å²) in [5.74, 6) is 0.260. The molecular weight excluding hydrogens is 354 g/mol. The molecule has 0 amide bonds. The van der Waals surface area contributed by atoms with Crippen molar-refractivity contribution >= 4 is 52.2 Å². The SMILES string of the molecule is COc1cc(Cl)c(C(=O)Cc2ccc(Cl)c(Cl)c2)cc1Cl. The molecule has 2 aromatic rings. The molecule has 2 nitrogen and oxygen atoms in total. The normalized spacial score (nSPS) is 10.5. The van der Waals surface area contributed by atoms with Gasteiger partial charge in [-0.25, -0.2) is 0 Å². The first-order valence-corrected chi connectivity index (χ1v) is 7.43. The van der Waals surface area contributed by atoms with E-state index in [1.165, 1.54) is 19.2 Å². The molecule has 0 radical (unpaired) electrons. The van der Waals surface area contributed by atoms with Gasteiger partial charge < -0.3 is 4.74 Å². The summed E-state index contributed by atoms with van der Waals surface area (Å²) in [6.07, 6.45) is 0.152. The Balaban J connectivity index is 2.28. The number of methoxy groups -OCH3 is 1. The van der Waals surface area contributed by atoms with Crippen molar-refractivity contribution in [3.8, 4) is 5.75 Å². The van der Waals surface area contributed by atoms with Crippen LogP contribution in [0.2, 0.25) is 20.1 Å². The van der Waals surface area contributed by atoms with E-state index in [1.54, 1.807) is 18.2 Å². The molecule has 0 spiro atoms. The first-order valence-electron chi connectivity index (χ1n) is 5.92. The quantitative estimate of drug-likeness (QED) is 0.648. The molecule has 0 N–H and O–H groups in total. The Labute approximate surface area is 142 Å². The number of Topliss-reactive ketones (excluding diaryl/α,β-unsaturated/α-hetero) is 1. The smallest absolute Gasteiger partial charge is 0.168 e. The van der Waals surface area contributed by atoms with Gasteiger partial charge in [0.1, 0.15) is 5.75 Å². The van der Waals surface area contributed by atoms with Crippen LogP contribution in [0.1, 0.15) is 15.9 Å². The fraction of sp³-hybridized carbons (Fsp3) is 0.133. The Bertz CT molecular complexity index is 698. The van der Waals surface area contributed by atoms with Crippen molar-refractivity contribution in [3.05, 3.63) is 61.5 Å². The second-order valence-corrected chi connectivity index (χ2v) is 5.94. The zero-order valence-electron chi connectivity index (χ0n) is 10.9. The Hall–Kier alpha value is -0.930. The van der Waals surface area contributed by atoms with Crippen molar-refractivity contribution in [2.75, 3.05) is 7.11 Å². The molecule has 0 aliphatic carbocycles. The fourth-order valence-corrected chi connectivity index (χ4v) is 2.65. The largest absolute Gasteiger partial charge is 0.495 e. The number of hydrogen-bond acceptors (Lipinski definition) is 2. The molecule has 0 atom stereocenters. The molecule has 6 heteroatoms. The molecule has 0 heterocycles. The van der Waals surface area contributed by atoms with E-state index in [2.05, 4.69) is 0 Å². The minimum absolute atomic E-state index is 0.152. The maximum atomic E-state index is 12.3. The predicted molar refractivity (Wildman–Crippen MR) is 87.5 cm³/mol. The highest BCUT2D eigenvalue weighted by Crippen LogP contribution is 2.32. The highest BCUT2D eigenvalue weighted by molar-refractivity contribution is 6.42. The maximum absolute atomic E-state index is 12.3. The number of halogens is 4. The van der Waals surface area contributed by atoms with Crippen LogP contribution in [0.15, 0.2) is 30.3 Å². The average Bonchev–Trinajstić information content (AvgIpc) is 2.44. The molecule has 0 unspecified atom stereocenters. The number of ketones is 1. The fourth-order valence-electron chi connectivity index (χ4n) is 1.83.